The average molecular weight is 486 g/mol. The molecule has 3 N–H and O–H groups in total. The topological polar surface area (TPSA) is 83.1 Å². The molecule has 1 heterocycles. The van der Waals surface area contributed by atoms with Crippen LogP contribution in [-0.2, 0) is 4.79 Å². The molecule has 2 aliphatic rings. The van der Waals surface area contributed by atoms with E-state index in [9.17, 15) is 9.90 Å². The van der Waals surface area contributed by atoms with Gasteiger partial charge in [-0.3, -0.25) is 4.79 Å². The summed E-state index contributed by atoms with van der Waals surface area (Å²) in [6.45, 7) is 0. The van der Waals surface area contributed by atoms with Crippen molar-refractivity contribution in [1.82, 2.24) is 0 Å². The van der Waals surface area contributed by atoms with E-state index >= 15 is 0 Å². The van der Waals surface area contributed by atoms with Crippen LogP contribution in [0.2, 0.25) is 0 Å². The van der Waals surface area contributed by atoms with Crippen LogP contribution in [-0.4, -0.2) is 39.2 Å². The number of phenols is 1. The van der Waals surface area contributed by atoms with Crippen molar-refractivity contribution in [2.45, 2.75) is 24.8 Å². The van der Waals surface area contributed by atoms with Gasteiger partial charge in [0.25, 0.3) is 0 Å². The van der Waals surface area contributed by atoms with Crippen LogP contribution in [0.15, 0.2) is 71.9 Å². The maximum atomic E-state index is 13.8. The minimum absolute atomic E-state index is 0.0682. The number of ketones is 1. The van der Waals surface area contributed by atoms with Crippen molar-refractivity contribution < 1.29 is 19.4 Å². The first-order chi connectivity index (χ1) is 17.4. The zero-order valence-corrected chi connectivity index (χ0v) is 21.0. The molecule has 186 valence electrons. The minimum Gasteiger partial charge on any atom is -0.502 e. The smallest absolute Gasteiger partial charge is 0.200 e. The number of allylic oxidation sites excluding steroid dienone is 1. The maximum absolute atomic E-state index is 13.8. The summed E-state index contributed by atoms with van der Waals surface area (Å²) in [5.41, 5.74) is 6.46. The summed E-state index contributed by atoms with van der Waals surface area (Å²) in [7, 11) is 7.03. The Morgan fingerprint density at radius 3 is 2.14 bits per heavy atom. The van der Waals surface area contributed by atoms with Crippen LogP contribution >= 0.6 is 0 Å². The van der Waals surface area contributed by atoms with Gasteiger partial charge >= 0.3 is 0 Å². The van der Waals surface area contributed by atoms with Crippen molar-refractivity contribution in [3.63, 3.8) is 0 Å². The van der Waals surface area contributed by atoms with E-state index in [2.05, 4.69) is 39.8 Å². The molecule has 0 saturated heterocycles. The van der Waals surface area contributed by atoms with Crippen molar-refractivity contribution in [2.75, 3.05) is 43.8 Å². The molecule has 0 fully saturated rings. The normalized spacial score (nSPS) is 18.8. The van der Waals surface area contributed by atoms with Gasteiger partial charge in [0.1, 0.15) is 0 Å². The first-order valence-corrected chi connectivity index (χ1v) is 12.0. The number of nitrogens with one attached hydrogen (secondary N) is 2. The third kappa shape index (κ3) is 4.21. The molecule has 0 radical (unpaired) electrons. The Labute approximate surface area is 211 Å². The summed E-state index contributed by atoms with van der Waals surface area (Å²) in [5, 5.41) is 17.6. The van der Waals surface area contributed by atoms with Gasteiger partial charge in [-0.15, -0.1) is 0 Å². The Bertz CT molecular complexity index is 1310. The van der Waals surface area contributed by atoms with Gasteiger partial charge in [-0.25, -0.2) is 0 Å². The van der Waals surface area contributed by atoms with Gasteiger partial charge in [0.2, 0.25) is 5.75 Å². The molecule has 0 amide bonds. The highest BCUT2D eigenvalue weighted by Gasteiger charge is 2.36. The first-order valence-electron chi connectivity index (χ1n) is 12.0. The number of rotatable bonds is 5. The highest BCUT2D eigenvalue weighted by Crippen LogP contribution is 2.47. The Hall–Kier alpha value is -4.13. The number of nitrogens with zero attached hydrogens (tertiary/aromatic N) is 1. The molecule has 3 aromatic carbocycles. The molecule has 0 bridgehead atoms. The fraction of sp³-hybridized carbons (Fsp3) is 0.276. The van der Waals surface area contributed by atoms with Crippen molar-refractivity contribution in [1.29, 1.82) is 0 Å². The van der Waals surface area contributed by atoms with Crippen LogP contribution < -0.4 is 25.0 Å². The van der Waals surface area contributed by atoms with Crippen LogP contribution in [0, 0.1) is 0 Å². The fourth-order valence-electron chi connectivity index (χ4n) is 5.10. The molecule has 5 rings (SSSR count). The molecule has 0 spiro atoms. The van der Waals surface area contributed by atoms with Crippen LogP contribution in [0.1, 0.15) is 35.9 Å². The lowest BCUT2D eigenvalue weighted by Gasteiger charge is -2.30. The number of ether oxygens (including phenoxy) is 2. The molecule has 0 aromatic heterocycles. The van der Waals surface area contributed by atoms with E-state index in [0.717, 1.165) is 33.9 Å². The summed E-state index contributed by atoms with van der Waals surface area (Å²) >= 11 is 0. The lowest BCUT2D eigenvalue weighted by Crippen LogP contribution is -2.27. The SMILES string of the molecule is COc1cc(C2Nc3ccccc3NC3=C2C(=O)CC(c2ccc(N(C)C)cc2)C3)cc(OC)c1O. The van der Waals surface area contributed by atoms with Crippen molar-refractivity contribution in [3.8, 4) is 17.2 Å². The second-order valence-corrected chi connectivity index (χ2v) is 9.43. The summed E-state index contributed by atoms with van der Waals surface area (Å²) in [6, 6.07) is 19.4. The molecule has 1 aliphatic heterocycles. The number of carbonyl (C=O) groups is 1. The molecular formula is C29H31N3O4. The number of anilines is 3. The Kier molecular flexibility index (Phi) is 6.22. The summed E-state index contributed by atoms with van der Waals surface area (Å²) in [6.07, 6.45) is 1.13. The number of fused-ring (bicyclic) bond motifs is 1. The molecule has 2 unspecified atom stereocenters. The van der Waals surface area contributed by atoms with E-state index in [-0.39, 0.29) is 17.5 Å². The summed E-state index contributed by atoms with van der Waals surface area (Å²) in [4.78, 5) is 15.9. The first kappa shape index (κ1) is 23.6. The van der Waals surface area contributed by atoms with Crippen LogP contribution in [0.5, 0.6) is 17.2 Å². The predicted octanol–water partition coefficient (Wildman–Crippen LogP) is 5.45. The number of Topliss-reactive ketones (excluding diaryl/α,β-unsaturated/α-hetero) is 1. The van der Waals surface area contributed by atoms with Crippen LogP contribution in [0.25, 0.3) is 0 Å². The monoisotopic (exact) mass is 485 g/mol. The summed E-state index contributed by atoms with van der Waals surface area (Å²) in [5.74, 6) is 0.680. The number of hydrogen-bond donors (Lipinski definition) is 3. The number of benzene rings is 3. The number of methoxy groups -OCH3 is 2. The minimum atomic E-state index is -0.441. The van der Waals surface area contributed by atoms with Crippen LogP contribution in [0.4, 0.5) is 17.1 Å². The third-order valence-corrected chi connectivity index (χ3v) is 7.03. The van der Waals surface area contributed by atoms with Crippen molar-refractivity contribution in [3.05, 3.63) is 83.1 Å². The number of aromatic hydroxyl groups is 1. The van der Waals surface area contributed by atoms with Gasteiger partial charge < -0.3 is 30.1 Å². The van der Waals surface area contributed by atoms with E-state index in [1.807, 2.05) is 38.4 Å². The third-order valence-electron chi connectivity index (χ3n) is 7.03. The molecular weight excluding hydrogens is 454 g/mol. The lowest BCUT2D eigenvalue weighted by molar-refractivity contribution is -0.116. The van der Waals surface area contributed by atoms with E-state index in [0.29, 0.717) is 29.9 Å². The summed E-state index contributed by atoms with van der Waals surface area (Å²) < 4.78 is 10.8. The van der Waals surface area contributed by atoms with Crippen molar-refractivity contribution in [2.24, 2.45) is 0 Å². The van der Waals surface area contributed by atoms with Gasteiger partial charge in [0, 0.05) is 37.5 Å². The highest BCUT2D eigenvalue weighted by atomic mass is 16.5. The van der Waals surface area contributed by atoms with Gasteiger partial charge in [-0.1, -0.05) is 24.3 Å². The van der Waals surface area contributed by atoms with E-state index in [1.54, 1.807) is 12.1 Å². The standard InChI is InChI=1S/C29H31N3O4/c1-32(2)20-11-9-17(10-12-20)18-13-23-27(24(33)14-18)28(31-22-8-6-5-7-21(22)30-23)19-15-25(35-3)29(34)26(16-19)36-4/h5-12,15-16,18,28,30-31,34H,13-14H2,1-4H3. The zero-order chi connectivity index (χ0) is 25.4. The largest absolute Gasteiger partial charge is 0.502 e. The number of hydrogen-bond acceptors (Lipinski definition) is 7. The fourth-order valence-corrected chi connectivity index (χ4v) is 5.10. The van der Waals surface area contributed by atoms with E-state index in [1.165, 1.54) is 14.2 Å². The van der Waals surface area contributed by atoms with Gasteiger partial charge in [0.05, 0.1) is 31.6 Å². The van der Waals surface area contributed by atoms with Gasteiger partial charge in [-0.05, 0) is 59.9 Å². The Morgan fingerprint density at radius 1 is 0.889 bits per heavy atom. The zero-order valence-electron chi connectivity index (χ0n) is 21.0. The highest BCUT2D eigenvalue weighted by molar-refractivity contribution is 6.01. The number of para-hydroxylation sites is 2. The quantitative estimate of drug-likeness (QED) is 0.443. The van der Waals surface area contributed by atoms with Crippen LogP contribution in [0.3, 0.4) is 0 Å². The predicted molar refractivity (Wildman–Crippen MR) is 142 cm³/mol. The number of phenolic OH excluding ortho intramolecular Hbond substituents is 1. The Balaban J connectivity index is 1.60. The molecule has 3 aromatic rings. The molecule has 1 aliphatic carbocycles. The average Bonchev–Trinajstić information content (AvgIpc) is 3.06. The lowest BCUT2D eigenvalue weighted by atomic mass is 9.78. The second-order valence-electron chi connectivity index (χ2n) is 9.43. The van der Waals surface area contributed by atoms with Gasteiger partial charge in [0.15, 0.2) is 17.3 Å². The molecule has 7 nitrogen and oxygen atoms in total. The molecule has 36 heavy (non-hydrogen) atoms. The maximum Gasteiger partial charge on any atom is 0.200 e. The second kappa shape index (κ2) is 9.49. The van der Waals surface area contributed by atoms with E-state index < -0.39 is 6.04 Å². The number of carbonyl (C=O) groups excluding carboxylic acids is 1. The molecule has 0 saturated carbocycles. The Morgan fingerprint density at radius 2 is 1.53 bits per heavy atom. The van der Waals surface area contributed by atoms with E-state index in [4.69, 9.17) is 9.47 Å². The van der Waals surface area contributed by atoms with Crippen molar-refractivity contribution >= 4 is 22.8 Å². The molecule has 7 heteroatoms. The molecule has 2 atom stereocenters. The van der Waals surface area contributed by atoms with Gasteiger partial charge in [-0.2, -0.15) is 0 Å².